The predicted molar refractivity (Wildman–Crippen MR) is 71.8 cm³/mol. The highest BCUT2D eigenvalue weighted by Gasteiger charge is 2.34. The van der Waals surface area contributed by atoms with E-state index >= 15 is 0 Å². The average molecular weight is 266 g/mol. The molecule has 1 atom stereocenters. The van der Waals surface area contributed by atoms with Gasteiger partial charge in [0.25, 0.3) is 0 Å². The first-order valence-electron chi connectivity index (χ1n) is 6.49. The maximum Gasteiger partial charge on any atom is 0.321 e. The first-order chi connectivity index (χ1) is 8.81. The molecule has 2 fully saturated rings. The number of likely N-dealkylation sites (tertiary alicyclic amines) is 1. The molecule has 18 heavy (non-hydrogen) atoms. The van der Waals surface area contributed by atoms with Crippen LogP contribution >= 0.6 is 11.3 Å². The standard InChI is InChI=1S/C12H18N4OS/c17-11(15-12-13-4-6-18-12)14-7-9-3-5-16(8-9)10-1-2-10/h4,6,9-10H,1-3,5,7-8H2,(H2,13,14,15,17). The molecule has 2 amide bonds. The van der Waals surface area contributed by atoms with Crippen LogP contribution in [0.25, 0.3) is 0 Å². The summed E-state index contributed by atoms with van der Waals surface area (Å²) in [6.45, 7) is 3.10. The van der Waals surface area contributed by atoms with Crippen molar-refractivity contribution in [3.05, 3.63) is 11.6 Å². The van der Waals surface area contributed by atoms with E-state index in [9.17, 15) is 4.79 Å². The number of thiazole rings is 1. The van der Waals surface area contributed by atoms with Gasteiger partial charge in [0.2, 0.25) is 0 Å². The van der Waals surface area contributed by atoms with Gasteiger partial charge in [-0.3, -0.25) is 5.32 Å². The molecule has 2 N–H and O–H groups in total. The number of carbonyl (C=O) groups excluding carboxylic acids is 1. The zero-order valence-corrected chi connectivity index (χ0v) is 11.1. The maximum absolute atomic E-state index is 11.6. The van der Waals surface area contributed by atoms with E-state index in [1.165, 1.54) is 37.1 Å². The van der Waals surface area contributed by atoms with Crippen molar-refractivity contribution < 1.29 is 4.79 Å². The van der Waals surface area contributed by atoms with Crippen molar-refractivity contribution in [3.63, 3.8) is 0 Å². The van der Waals surface area contributed by atoms with E-state index in [4.69, 9.17) is 0 Å². The Morgan fingerprint density at radius 1 is 1.50 bits per heavy atom. The molecule has 2 aliphatic rings. The van der Waals surface area contributed by atoms with Crippen LogP contribution in [0, 0.1) is 5.92 Å². The van der Waals surface area contributed by atoms with Crippen molar-refractivity contribution in [2.75, 3.05) is 25.0 Å². The van der Waals surface area contributed by atoms with Crippen molar-refractivity contribution in [2.24, 2.45) is 5.92 Å². The minimum Gasteiger partial charge on any atom is -0.337 e. The second kappa shape index (κ2) is 5.24. The smallest absolute Gasteiger partial charge is 0.321 e. The molecule has 0 aromatic carbocycles. The van der Waals surface area contributed by atoms with Gasteiger partial charge in [-0.15, -0.1) is 11.3 Å². The lowest BCUT2D eigenvalue weighted by molar-refractivity contribution is 0.249. The van der Waals surface area contributed by atoms with Crippen LogP contribution in [-0.4, -0.2) is 41.6 Å². The first kappa shape index (κ1) is 11.9. The number of hydrogen-bond acceptors (Lipinski definition) is 4. The molecule has 1 saturated heterocycles. The first-order valence-corrected chi connectivity index (χ1v) is 7.37. The SMILES string of the molecule is O=C(NCC1CCN(C2CC2)C1)Nc1nccs1. The van der Waals surface area contributed by atoms with Gasteiger partial charge in [-0.25, -0.2) is 9.78 Å². The van der Waals surface area contributed by atoms with E-state index in [0.29, 0.717) is 11.0 Å². The summed E-state index contributed by atoms with van der Waals surface area (Å²) in [5.74, 6) is 0.604. The lowest BCUT2D eigenvalue weighted by atomic mass is 10.1. The number of urea groups is 1. The van der Waals surface area contributed by atoms with Crippen LogP contribution < -0.4 is 10.6 Å². The molecular formula is C12H18N4OS. The molecule has 0 bridgehead atoms. The number of nitrogens with zero attached hydrogens (tertiary/aromatic N) is 2. The van der Waals surface area contributed by atoms with E-state index in [0.717, 1.165) is 19.1 Å². The lowest BCUT2D eigenvalue weighted by Crippen LogP contribution is -2.34. The molecule has 5 nitrogen and oxygen atoms in total. The number of carbonyl (C=O) groups is 1. The highest BCUT2D eigenvalue weighted by atomic mass is 32.1. The number of hydrogen-bond donors (Lipinski definition) is 2. The quantitative estimate of drug-likeness (QED) is 0.873. The molecule has 2 heterocycles. The van der Waals surface area contributed by atoms with Crippen LogP contribution in [0.15, 0.2) is 11.6 Å². The highest BCUT2D eigenvalue weighted by molar-refractivity contribution is 7.13. The number of aromatic nitrogens is 1. The van der Waals surface area contributed by atoms with E-state index in [2.05, 4.69) is 20.5 Å². The van der Waals surface area contributed by atoms with Gasteiger partial charge in [0.05, 0.1) is 0 Å². The fraction of sp³-hybridized carbons (Fsp3) is 0.667. The van der Waals surface area contributed by atoms with Crippen LogP contribution in [0.1, 0.15) is 19.3 Å². The summed E-state index contributed by atoms with van der Waals surface area (Å²) in [7, 11) is 0. The van der Waals surface area contributed by atoms with Crippen molar-refractivity contribution >= 4 is 22.5 Å². The Morgan fingerprint density at radius 2 is 2.39 bits per heavy atom. The molecule has 1 unspecified atom stereocenters. The lowest BCUT2D eigenvalue weighted by Gasteiger charge is -2.15. The third-order valence-corrected chi connectivity index (χ3v) is 4.27. The average Bonchev–Trinajstić information content (AvgIpc) is 2.90. The summed E-state index contributed by atoms with van der Waals surface area (Å²) in [4.78, 5) is 18.2. The second-order valence-electron chi connectivity index (χ2n) is 5.05. The van der Waals surface area contributed by atoms with Crippen LogP contribution in [0.4, 0.5) is 9.93 Å². The van der Waals surface area contributed by atoms with Crippen LogP contribution in [0.2, 0.25) is 0 Å². The summed E-state index contributed by atoms with van der Waals surface area (Å²) in [5.41, 5.74) is 0. The van der Waals surface area contributed by atoms with E-state index < -0.39 is 0 Å². The number of nitrogens with one attached hydrogen (secondary N) is 2. The van der Waals surface area contributed by atoms with E-state index in [1.54, 1.807) is 6.20 Å². The number of amides is 2. The van der Waals surface area contributed by atoms with Gasteiger partial charge in [0.1, 0.15) is 0 Å². The molecule has 0 radical (unpaired) electrons. The molecule has 98 valence electrons. The van der Waals surface area contributed by atoms with Gasteiger partial charge < -0.3 is 10.2 Å². The zero-order chi connectivity index (χ0) is 12.4. The third-order valence-electron chi connectivity index (χ3n) is 3.58. The van der Waals surface area contributed by atoms with Crippen LogP contribution in [-0.2, 0) is 0 Å². The monoisotopic (exact) mass is 266 g/mol. The summed E-state index contributed by atoms with van der Waals surface area (Å²) in [5, 5.41) is 8.17. The number of anilines is 1. The maximum atomic E-state index is 11.6. The predicted octanol–water partition coefficient (Wildman–Crippen LogP) is 1.75. The van der Waals surface area contributed by atoms with E-state index in [1.807, 2.05) is 5.38 Å². The van der Waals surface area contributed by atoms with Gasteiger partial charge in [0.15, 0.2) is 5.13 Å². The molecular weight excluding hydrogens is 248 g/mol. The molecule has 1 aliphatic carbocycles. The molecule has 1 saturated carbocycles. The molecule has 1 aromatic rings. The van der Waals surface area contributed by atoms with Gasteiger partial charge >= 0.3 is 6.03 Å². The summed E-state index contributed by atoms with van der Waals surface area (Å²) in [6, 6.07) is 0.703. The normalized spacial score (nSPS) is 24.1. The fourth-order valence-electron chi connectivity index (χ4n) is 2.46. The highest BCUT2D eigenvalue weighted by Crippen LogP contribution is 2.31. The largest absolute Gasteiger partial charge is 0.337 e. The van der Waals surface area contributed by atoms with Crippen molar-refractivity contribution in [1.82, 2.24) is 15.2 Å². The summed E-state index contributed by atoms with van der Waals surface area (Å²) in [6.07, 6.45) is 5.62. The van der Waals surface area contributed by atoms with Gasteiger partial charge in [-0.2, -0.15) is 0 Å². The molecule has 0 spiro atoms. The summed E-state index contributed by atoms with van der Waals surface area (Å²) >= 11 is 1.43. The third kappa shape index (κ3) is 3.00. The molecule has 6 heteroatoms. The zero-order valence-electron chi connectivity index (χ0n) is 10.3. The van der Waals surface area contributed by atoms with Gasteiger partial charge in [-0.05, 0) is 31.7 Å². The topological polar surface area (TPSA) is 57.3 Å². The van der Waals surface area contributed by atoms with Crippen molar-refractivity contribution in [3.8, 4) is 0 Å². The summed E-state index contributed by atoms with van der Waals surface area (Å²) < 4.78 is 0. The van der Waals surface area contributed by atoms with Gasteiger partial charge in [-0.1, -0.05) is 0 Å². The molecule has 3 rings (SSSR count). The Balaban J connectivity index is 1.37. The van der Waals surface area contributed by atoms with Crippen molar-refractivity contribution in [2.45, 2.75) is 25.3 Å². The van der Waals surface area contributed by atoms with E-state index in [-0.39, 0.29) is 6.03 Å². The Labute approximate surface area is 111 Å². The minimum atomic E-state index is -0.144. The Kier molecular flexibility index (Phi) is 3.47. The minimum absolute atomic E-state index is 0.144. The fourth-order valence-corrected chi connectivity index (χ4v) is 2.99. The second-order valence-corrected chi connectivity index (χ2v) is 5.95. The Bertz CT molecular complexity index is 404. The molecule has 1 aromatic heterocycles. The van der Waals surface area contributed by atoms with Crippen LogP contribution in [0.5, 0.6) is 0 Å². The Hall–Kier alpha value is -1.14. The number of rotatable bonds is 4. The van der Waals surface area contributed by atoms with Crippen molar-refractivity contribution in [1.29, 1.82) is 0 Å². The molecule has 1 aliphatic heterocycles. The van der Waals surface area contributed by atoms with Crippen LogP contribution in [0.3, 0.4) is 0 Å². The Morgan fingerprint density at radius 3 is 3.11 bits per heavy atom. The van der Waals surface area contributed by atoms with Gasteiger partial charge in [0, 0.05) is 30.7 Å².